The third-order valence-electron chi connectivity index (χ3n) is 7.12. The smallest absolute Gasteiger partial charge is 0.237 e. The van der Waals surface area contributed by atoms with Gasteiger partial charge in [-0.05, 0) is 50.4 Å². The molecule has 0 radical (unpaired) electrons. The summed E-state index contributed by atoms with van der Waals surface area (Å²) in [5, 5.41) is 0. The Balaban J connectivity index is 1.47. The van der Waals surface area contributed by atoms with Crippen LogP contribution in [-0.4, -0.2) is 64.8 Å². The van der Waals surface area contributed by atoms with Crippen molar-refractivity contribution >= 4 is 11.8 Å². The number of nitrogens with zero attached hydrogens (tertiary/aromatic N) is 3. The van der Waals surface area contributed by atoms with E-state index in [1.807, 2.05) is 11.9 Å². The van der Waals surface area contributed by atoms with Crippen LogP contribution in [0.3, 0.4) is 0 Å². The van der Waals surface area contributed by atoms with Gasteiger partial charge in [0, 0.05) is 37.5 Å². The first kappa shape index (κ1) is 19.4. The van der Waals surface area contributed by atoms with Crippen LogP contribution in [-0.2, 0) is 16.1 Å². The molecule has 1 aromatic carbocycles. The number of carbonyl (C=O) groups is 2. The molecule has 3 fully saturated rings. The Kier molecular flexibility index (Phi) is 4.94. The molecule has 2 amide bonds. The molecule has 1 saturated carbocycles. The maximum atomic E-state index is 13.2. The maximum Gasteiger partial charge on any atom is 0.237 e. The number of likely N-dealkylation sites (N-methyl/N-ethyl adjacent to an activating group) is 1. The summed E-state index contributed by atoms with van der Waals surface area (Å²) >= 11 is 0. The Morgan fingerprint density at radius 2 is 1.89 bits per heavy atom. The average molecular weight is 387 g/mol. The minimum absolute atomic E-state index is 0.0119. The van der Waals surface area contributed by atoms with Crippen LogP contribution >= 0.6 is 0 Å². The minimum atomic E-state index is -0.249. The normalized spacial score (nSPS) is 31.4. The molecule has 0 unspecified atom stereocenters. The third kappa shape index (κ3) is 3.21. The highest BCUT2D eigenvalue weighted by molar-refractivity contribution is 5.80. The van der Waals surface area contributed by atoms with Gasteiger partial charge in [0.1, 0.15) is 5.82 Å². The fourth-order valence-electron chi connectivity index (χ4n) is 6.03. The first-order chi connectivity index (χ1) is 13.3. The highest BCUT2D eigenvalue weighted by Gasteiger charge is 2.61. The molecule has 28 heavy (non-hydrogen) atoms. The van der Waals surface area contributed by atoms with E-state index in [1.54, 1.807) is 19.1 Å². The lowest BCUT2D eigenvalue weighted by molar-refractivity contribution is -0.141. The number of benzene rings is 1. The minimum Gasteiger partial charge on any atom is -0.336 e. The van der Waals surface area contributed by atoms with Crippen molar-refractivity contribution in [2.24, 2.45) is 5.41 Å². The zero-order chi connectivity index (χ0) is 20.1. The van der Waals surface area contributed by atoms with E-state index in [2.05, 4.69) is 16.7 Å². The monoisotopic (exact) mass is 387 g/mol. The molecule has 0 N–H and O–H groups in total. The second-order valence-electron chi connectivity index (χ2n) is 9.10. The number of piperidine rings is 1. The lowest BCUT2D eigenvalue weighted by atomic mass is 9.66. The van der Waals surface area contributed by atoms with Crippen LogP contribution in [0.4, 0.5) is 4.39 Å². The summed E-state index contributed by atoms with van der Waals surface area (Å²) in [5.41, 5.74) is 1.00. The van der Waals surface area contributed by atoms with E-state index < -0.39 is 0 Å². The van der Waals surface area contributed by atoms with Gasteiger partial charge in [-0.3, -0.25) is 14.5 Å². The largest absolute Gasteiger partial charge is 0.336 e. The molecule has 4 rings (SSSR count). The predicted octanol–water partition coefficient (Wildman–Crippen LogP) is 2.65. The lowest BCUT2D eigenvalue weighted by Gasteiger charge is -2.50. The second-order valence-corrected chi connectivity index (χ2v) is 9.10. The van der Waals surface area contributed by atoms with Crippen molar-refractivity contribution in [1.82, 2.24) is 14.7 Å². The summed E-state index contributed by atoms with van der Waals surface area (Å²) in [6, 6.07) is 7.05. The molecule has 2 saturated heterocycles. The van der Waals surface area contributed by atoms with Crippen molar-refractivity contribution in [3.05, 3.63) is 35.6 Å². The molecule has 152 valence electrons. The average Bonchev–Trinajstić information content (AvgIpc) is 2.93. The molecule has 0 aromatic heterocycles. The molecule has 2 bridgehead atoms. The highest BCUT2D eigenvalue weighted by Crippen LogP contribution is 2.54. The number of amides is 2. The summed E-state index contributed by atoms with van der Waals surface area (Å²) in [7, 11) is 1.92. The van der Waals surface area contributed by atoms with Gasteiger partial charge >= 0.3 is 0 Å². The molecule has 3 aliphatic rings. The first-order valence-corrected chi connectivity index (χ1v) is 10.3. The predicted molar refractivity (Wildman–Crippen MR) is 105 cm³/mol. The van der Waals surface area contributed by atoms with E-state index in [0.29, 0.717) is 19.6 Å². The van der Waals surface area contributed by atoms with Gasteiger partial charge < -0.3 is 9.80 Å². The van der Waals surface area contributed by atoms with Crippen molar-refractivity contribution in [2.75, 3.05) is 20.1 Å². The molecule has 2 heterocycles. The Morgan fingerprint density at radius 1 is 1.21 bits per heavy atom. The lowest BCUT2D eigenvalue weighted by Crippen LogP contribution is -2.59. The van der Waals surface area contributed by atoms with Crippen LogP contribution in [0.5, 0.6) is 0 Å². The fraction of sp³-hybridized carbons (Fsp3) is 0.636. The van der Waals surface area contributed by atoms with E-state index in [-0.39, 0.29) is 41.2 Å². The molecule has 6 heteroatoms. The van der Waals surface area contributed by atoms with E-state index in [4.69, 9.17) is 0 Å². The van der Waals surface area contributed by atoms with Gasteiger partial charge in [-0.2, -0.15) is 0 Å². The number of halogens is 1. The van der Waals surface area contributed by atoms with Crippen molar-refractivity contribution in [1.29, 1.82) is 0 Å². The first-order valence-electron chi connectivity index (χ1n) is 10.3. The van der Waals surface area contributed by atoms with E-state index in [0.717, 1.165) is 31.2 Å². The fourth-order valence-corrected chi connectivity index (χ4v) is 6.03. The molecular weight excluding hydrogens is 357 g/mol. The summed E-state index contributed by atoms with van der Waals surface area (Å²) in [6.45, 7) is 5.53. The quantitative estimate of drug-likeness (QED) is 0.798. The van der Waals surface area contributed by atoms with Crippen molar-refractivity contribution in [2.45, 2.75) is 64.2 Å². The molecule has 1 aliphatic carbocycles. The van der Waals surface area contributed by atoms with Crippen LogP contribution in [0.25, 0.3) is 0 Å². The van der Waals surface area contributed by atoms with Crippen LogP contribution < -0.4 is 0 Å². The van der Waals surface area contributed by atoms with Crippen LogP contribution in [0.15, 0.2) is 24.3 Å². The Hall–Kier alpha value is -1.95. The standard InChI is InChI=1S/C22H30FN3O2/c1-15(27)26-18-11-22(2)19(5-4-6-20(22)26)25(13-18)21(28)14-24(3)12-16-7-9-17(23)10-8-16/h7-10,18-20H,4-6,11-14H2,1-3H3/t18-,19+,20-,22+/m0/s1. The Bertz CT molecular complexity index is 768. The van der Waals surface area contributed by atoms with E-state index in [9.17, 15) is 14.0 Å². The van der Waals surface area contributed by atoms with Crippen LogP contribution in [0.2, 0.25) is 0 Å². The molecule has 4 atom stereocenters. The topological polar surface area (TPSA) is 43.9 Å². The van der Waals surface area contributed by atoms with Gasteiger partial charge in [0.05, 0.1) is 12.6 Å². The molecule has 5 nitrogen and oxygen atoms in total. The van der Waals surface area contributed by atoms with E-state index in [1.165, 1.54) is 12.1 Å². The number of fused-ring (bicyclic) bond motifs is 1. The summed E-state index contributed by atoms with van der Waals surface area (Å²) < 4.78 is 13.1. The SMILES string of the molecule is CC(=O)N1[C@@H]2CN(C(=O)CN(C)Cc3ccc(F)cc3)[C@@H]3CCC[C@H]1[C@]3(C)C2. The summed E-state index contributed by atoms with van der Waals surface area (Å²) in [5.74, 6) is 0.0279. The zero-order valence-corrected chi connectivity index (χ0v) is 17.0. The van der Waals surface area contributed by atoms with Gasteiger partial charge in [0.25, 0.3) is 0 Å². The second kappa shape index (κ2) is 7.14. The number of rotatable bonds is 4. The maximum absolute atomic E-state index is 13.2. The van der Waals surface area contributed by atoms with Gasteiger partial charge in [0.2, 0.25) is 11.8 Å². The third-order valence-corrected chi connectivity index (χ3v) is 7.12. The molecular formula is C22H30FN3O2. The molecule has 1 aromatic rings. The number of carbonyl (C=O) groups excluding carboxylic acids is 2. The number of hydrogen-bond donors (Lipinski definition) is 0. The van der Waals surface area contributed by atoms with Gasteiger partial charge in [-0.25, -0.2) is 4.39 Å². The van der Waals surface area contributed by atoms with Gasteiger partial charge in [-0.15, -0.1) is 0 Å². The molecule has 2 aliphatic heterocycles. The van der Waals surface area contributed by atoms with Crippen molar-refractivity contribution < 1.29 is 14.0 Å². The summed E-state index contributed by atoms with van der Waals surface area (Å²) in [6.07, 6.45) is 4.15. The Labute approximate surface area is 166 Å². The molecule has 0 spiro atoms. The van der Waals surface area contributed by atoms with Crippen molar-refractivity contribution in [3.8, 4) is 0 Å². The zero-order valence-electron chi connectivity index (χ0n) is 17.0. The highest BCUT2D eigenvalue weighted by atomic mass is 19.1. The van der Waals surface area contributed by atoms with E-state index >= 15 is 0 Å². The van der Waals surface area contributed by atoms with Gasteiger partial charge in [-0.1, -0.05) is 19.1 Å². The van der Waals surface area contributed by atoms with Crippen LogP contribution in [0, 0.1) is 11.2 Å². The number of hydrogen-bond acceptors (Lipinski definition) is 3. The Morgan fingerprint density at radius 3 is 2.57 bits per heavy atom. The van der Waals surface area contributed by atoms with Crippen LogP contribution in [0.1, 0.15) is 45.1 Å². The summed E-state index contributed by atoms with van der Waals surface area (Å²) in [4.78, 5) is 31.6. The number of likely N-dealkylation sites (tertiary alicyclic amines) is 2. The van der Waals surface area contributed by atoms with Gasteiger partial charge in [0.15, 0.2) is 0 Å². The van der Waals surface area contributed by atoms with Crippen molar-refractivity contribution in [3.63, 3.8) is 0 Å².